The predicted molar refractivity (Wildman–Crippen MR) is 77.0 cm³/mol. The number of rotatable bonds is 5. The lowest BCUT2D eigenvalue weighted by Gasteiger charge is -2.32. The van der Waals surface area contributed by atoms with Crippen LogP contribution in [0.5, 0.6) is 0 Å². The molecule has 0 amide bonds. The fourth-order valence-corrected chi connectivity index (χ4v) is 2.91. The highest BCUT2D eigenvalue weighted by Gasteiger charge is 2.28. The zero-order valence-corrected chi connectivity index (χ0v) is 12.4. The topological polar surface area (TPSA) is 48.4 Å². The molecule has 3 nitrogen and oxygen atoms in total. The summed E-state index contributed by atoms with van der Waals surface area (Å²) in [6, 6.07) is 3.99. The molecule has 4 atom stereocenters. The van der Waals surface area contributed by atoms with Gasteiger partial charge in [-0.25, -0.2) is 0 Å². The van der Waals surface area contributed by atoms with Crippen molar-refractivity contribution in [1.82, 2.24) is 0 Å². The number of nitrogens with two attached hydrogens (primary N) is 1. The van der Waals surface area contributed by atoms with E-state index in [1.54, 1.807) is 0 Å². The second-order valence-corrected chi connectivity index (χ2v) is 5.97. The smallest absolute Gasteiger partial charge is 0.134 e. The van der Waals surface area contributed by atoms with Gasteiger partial charge in [-0.15, -0.1) is 0 Å². The molecule has 0 aliphatic heterocycles. The monoisotopic (exact) mass is 265 g/mol. The first-order chi connectivity index (χ1) is 9.10. The Morgan fingerprint density at radius 1 is 1.42 bits per heavy atom. The molecule has 1 aromatic heterocycles. The lowest BCUT2D eigenvalue weighted by Crippen LogP contribution is -2.33. The van der Waals surface area contributed by atoms with E-state index in [9.17, 15) is 0 Å². The van der Waals surface area contributed by atoms with Crippen LogP contribution in [0, 0.1) is 12.8 Å². The van der Waals surface area contributed by atoms with Gasteiger partial charge in [0.25, 0.3) is 0 Å². The van der Waals surface area contributed by atoms with Crippen LogP contribution in [0.2, 0.25) is 0 Å². The molecule has 2 N–H and O–H groups in total. The zero-order chi connectivity index (χ0) is 13.8. The van der Waals surface area contributed by atoms with Crippen molar-refractivity contribution in [3.63, 3.8) is 0 Å². The maximum absolute atomic E-state index is 6.30. The Balaban J connectivity index is 2.05. The Hall–Kier alpha value is -0.800. The average Bonchev–Trinajstić information content (AvgIpc) is 2.81. The Bertz CT molecular complexity index is 388. The largest absolute Gasteiger partial charge is 0.464 e. The molecule has 1 heterocycles. The summed E-state index contributed by atoms with van der Waals surface area (Å²) in [5.74, 6) is 2.56. The minimum absolute atomic E-state index is 0.00258. The van der Waals surface area contributed by atoms with E-state index in [-0.39, 0.29) is 12.1 Å². The van der Waals surface area contributed by atoms with E-state index < -0.39 is 0 Å². The summed E-state index contributed by atoms with van der Waals surface area (Å²) < 4.78 is 12.0. The van der Waals surface area contributed by atoms with E-state index >= 15 is 0 Å². The summed E-state index contributed by atoms with van der Waals surface area (Å²) in [6.45, 7) is 6.36. The summed E-state index contributed by atoms with van der Waals surface area (Å²) >= 11 is 0. The lowest BCUT2D eigenvalue weighted by atomic mass is 9.88. The number of furan rings is 1. The zero-order valence-electron chi connectivity index (χ0n) is 12.4. The lowest BCUT2D eigenvalue weighted by molar-refractivity contribution is -0.0607. The molecule has 0 bridgehead atoms. The van der Waals surface area contributed by atoms with Gasteiger partial charge >= 0.3 is 0 Å². The number of aryl methyl sites for hydroxylation is 1. The fourth-order valence-electron chi connectivity index (χ4n) is 2.91. The molecule has 0 radical (unpaired) electrons. The molecule has 1 aliphatic carbocycles. The van der Waals surface area contributed by atoms with E-state index in [0.29, 0.717) is 6.10 Å². The number of hydrogen-bond acceptors (Lipinski definition) is 3. The molecule has 2 rings (SSSR count). The van der Waals surface area contributed by atoms with Crippen molar-refractivity contribution < 1.29 is 9.15 Å². The van der Waals surface area contributed by atoms with Crippen molar-refractivity contribution in [2.24, 2.45) is 11.7 Å². The molecule has 0 aromatic carbocycles. The molecular weight excluding hydrogens is 238 g/mol. The van der Waals surface area contributed by atoms with Gasteiger partial charge < -0.3 is 14.9 Å². The second-order valence-electron chi connectivity index (χ2n) is 5.97. The molecule has 0 spiro atoms. The molecule has 1 saturated carbocycles. The number of hydrogen-bond donors (Lipinski definition) is 1. The van der Waals surface area contributed by atoms with Crippen LogP contribution < -0.4 is 5.73 Å². The second kappa shape index (κ2) is 6.58. The van der Waals surface area contributed by atoms with Crippen LogP contribution in [-0.2, 0) is 4.74 Å². The van der Waals surface area contributed by atoms with Gasteiger partial charge in [0, 0.05) is 6.04 Å². The van der Waals surface area contributed by atoms with Gasteiger partial charge in [0.1, 0.15) is 17.6 Å². The molecule has 1 aromatic rings. The van der Waals surface area contributed by atoms with Gasteiger partial charge in [0.05, 0.1) is 6.10 Å². The standard InChI is InChI=1S/C16H27NO2/c1-4-14(17)16(15-9-8-12(3)18-15)19-13-7-5-6-11(2)10-13/h8-9,11,13-14,16H,4-7,10,17H2,1-3H3. The van der Waals surface area contributed by atoms with Crippen molar-refractivity contribution >= 4 is 0 Å². The molecule has 4 unspecified atom stereocenters. The SMILES string of the molecule is CCC(N)C(OC1CCCC(C)C1)c1ccc(C)o1. The van der Waals surface area contributed by atoms with Gasteiger partial charge in [-0.05, 0) is 44.2 Å². The summed E-state index contributed by atoms with van der Waals surface area (Å²) in [5.41, 5.74) is 6.23. The molecule has 108 valence electrons. The van der Waals surface area contributed by atoms with Crippen LogP contribution in [0.3, 0.4) is 0 Å². The Labute approximate surface area is 116 Å². The van der Waals surface area contributed by atoms with Crippen molar-refractivity contribution in [3.05, 3.63) is 23.7 Å². The van der Waals surface area contributed by atoms with E-state index in [4.69, 9.17) is 14.9 Å². The number of ether oxygens (including phenoxy) is 1. The summed E-state index contributed by atoms with van der Waals surface area (Å²) in [5, 5.41) is 0. The first-order valence-electron chi connectivity index (χ1n) is 7.57. The molecule has 3 heteroatoms. The van der Waals surface area contributed by atoms with Crippen molar-refractivity contribution in [1.29, 1.82) is 0 Å². The first-order valence-corrected chi connectivity index (χ1v) is 7.57. The molecular formula is C16H27NO2. The minimum Gasteiger partial charge on any atom is -0.464 e. The van der Waals surface area contributed by atoms with Gasteiger partial charge in [-0.3, -0.25) is 0 Å². The minimum atomic E-state index is -0.103. The summed E-state index contributed by atoms with van der Waals surface area (Å²) in [4.78, 5) is 0. The highest BCUT2D eigenvalue weighted by Crippen LogP contribution is 2.32. The normalized spacial score (nSPS) is 27.2. The summed E-state index contributed by atoms with van der Waals surface area (Å²) in [6.07, 6.45) is 6.00. The van der Waals surface area contributed by atoms with E-state index in [1.807, 2.05) is 19.1 Å². The Morgan fingerprint density at radius 3 is 2.79 bits per heavy atom. The maximum Gasteiger partial charge on any atom is 0.134 e. The Morgan fingerprint density at radius 2 is 2.21 bits per heavy atom. The van der Waals surface area contributed by atoms with Crippen molar-refractivity contribution in [3.8, 4) is 0 Å². The first kappa shape index (κ1) is 14.6. The van der Waals surface area contributed by atoms with Crippen molar-refractivity contribution in [2.45, 2.75) is 71.1 Å². The highest BCUT2D eigenvalue weighted by atomic mass is 16.5. The summed E-state index contributed by atoms with van der Waals surface area (Å²) in [7, 11) is 0. The quantitative estimate of drug-likeness (QED) is 0.876. The molecule has 1 aliphatic rings. The highest BCUT2D eigenvalue weighted by molar-refractivity contribution is 5.10. The van der Waals surface area contributed by atoms with Crippen LogP contribution in [-0.4, -0.2) is 12.1 Å². The van der Waals surface area contributed by atoms with Crippen LogP contribution >= 0.6 is 0 Å². The molecule has 19 heavy (non-hydrogen) atoms. The average molecular weight is 265 g/mol. The van der Waals surface area contributed by atoms with Gasteiger partial charge in [0.15, 0.2) is 0 Å². The molecule has 0 saturated heterocycles. The van der Waals surface area contributed by atoms with Crippen LogP contribution in [0.25, 0.3) is 0 Å². The van der Waals surface area contributed by atoms with Gasteiger partial charge in [-0.1, -0.05) is 26.7 Å². The van der Waals surface area contributed by atoms with Crippen LogP contribution in [0.15, 0.2) is 16.5 Å². The van der Waals surface area contributed by atoms with E-state index in [0.717, 1.165) is 36.7 Å². The Kier molecular flexibility index (Phi) is 5.06. The van der Waals surface area contributed by atoms with Crippen molar-refractivity contribution in [2.75, 3.05) is 0 Å². The molecule has 1 fully saturated rings. The third-order valence-electron chi connectivity index (χ3n) is 4.13. The van der Waals surface area contributed by atoms with Crippen LogP contribution in [0.1, 0.15) is 63.6 Å². The van der Waals surface area contributed by atoms with E-state index in [2.05, 4.69) is 13.8 Å². The fraction of sp³-hybridized carbons (Fsp3) is 0.750. The van der Waals surface area contributed by atoms with Gasteiger partial charge in [-0.2, -0.15) is 0 Å². The third-order valence-corrected chi connectivity index (χ3v) is 4.13. The third kappa shape index (κ3) is 3.83. The van der Waals surface area contributed by atoms with E-state index in [1.165, 1.54) is 12.8 Å². The van der Waals surface area contributed by atoms with Crippen LogP contribution in [0.4, 0.5) is 0 Å². The maximum atomic E-state index is 6.30. The van der Waals surface area contributed by atoms with Gasteiger partial charge in [0.2, 0.25) is 0 Å². The predicted octanol–water partition coefficient (Wildman–Crippen LogP) is 3.96.